The summed E-state index contributed by atoms with van der Waals surface area (Å²) in [7, 11) is 0. The average molecular weight is 260 g/mol. The molecule has 1 aliphatic heterocycles. The molecule has 2 atom stereocenters. The SMILES string of the molecule is CC(C)N(CCO)C(=O)N1C[C@H](O)C[C@H]1C(=O)O. The second-order valence-electron chi connectivity index (χ2n) is 4.69. The lowest BCUT2D eigenvalue weighted by molar-refractivity contribution is -0.141. The van der Waals surface area contributed by atoms with E-state index in [1.165, 1.54) is 4.90 Å². The van der Waals surface area contributed by atoms with E-state index in [1.54, 1.807) is 13.8 Å². The normalized spacial score (nSPS) is 23.5. The van der Waals surface area contributed by atoms with E-state index in [4.69, 9.17) is 10.2 Å². The first-order valence-electron chi connectivity index (χ1n) is 5.97. The predicted octanol–water partition coefficient (Wildman–Crippen LogP) is -0.671. The molecule has 1 aliphatic rings. The van der Waals surface area contributed by atoms with Crippen LogP contribution in [-0.4, -0.2) is 75.0 Å². The Morgan fingerprint density at radius 2 is 2.06 bits per heavy atom. The molecule has 0 spiro atoms. The standard InChI is InChI=1S/C11H20N2O5/c1-7(2)12(3-4-14)11(18)13-6-8(15)5-9(13)10(16)17/h7-9,14-15H,3-6H2,1-2H3,(H,16,17)/t8-,9+/m1/s1. The molecule has 1 rings (SSSR count). The Hall–Kier alpha value is -1.34. The first-order chi connectivity index (χ1) is 8.38. The molecular weight excluding hydrogens is 240 g/mol. The van der Waals surface area contributed by atoms with E-state index in [0.717, 1.165) is 4.90 Å². The highest BCUT2D eigenvalue weighted by atomic mass is 16.4. The first kappa shape index (κ1) is 14.7. The largest absolute Gasteiger partial charge is 0.480 e. The van der Waals surface area contributed by atoms with Gasteiger partial charge in [-0.3, -0.25) is 0 Å². The van der Waals surface area contributed by atoms with Crippen LogP contribution in [0.5, 0.6) is 0 Å². The van der Waals surface area contributed by atoms with Crippen LogP contribution >= 0.6 is 0 Å². The van der Waals surface area contributed by atoms with Gasteiger partial charge in [0.2, 0.25) is 0 Å². The molecular formula is C11H20N2O5. The minimum atomic E-state index is -1.12. The van der Waals surface area contributed by atoms with Gasteiger partial charge >= 0.3 is 12.0 Å². The van der Waals surface area contributed by atoms with E-state index in [-0.39, 0.29) is 32.2 Å². The third kappa shape index (κ3) is 3.11. The van der Waals surface area contributed by atoms with Crippen LogP contribution in [-0.2, 0) is 4.79 Å². The molecule has 3 N–H and O–H groups in total. The average Bonchev–Trinajstić information content (AvgIpc) is 2.67. The zero-order valence-electron chi connectivity index (χ0n) is 10.6. The molecule has 1 saturated heterocycles. The van der Waals surface area contributed by atoms with Crippen molar-refractivity contribution in [3.8, 4) is 0 Å². The summed E-state index contributed by atoms with van der Waals surface area (Å²) in [4.78, 5) is 25.8. The third-order valence-electron chi connectivity index (χ3n) is 3.02. The second kappa shape index (κ2) is 6.01. The zero-order valence-corrected chi connectivity index (χ0v) is 10.6. The Balaban J connectivity index is 2.83. The number of hydrogen-bond acceptors (Lipinski definition) is 4. The van der Waals surface area contributed by atoms with Crippen molar-refractivity contribution < 1.29 is 24.9 Å². The molecule has 0 bridgehead atoms. The fourth-order valence-electron chi connectivity index (χ4n) is 2.11. The molecule has 0 aromatic rings. The van der Waals surface area contributed by atoms with Gasteiger partial charge in [0, 0.05) is 25.6 Å². The number of carboxylic acid groups (broad SMARTS) is 1. The van der Waals surface area contributed by atoms with E-state index in [2.05, 4.69) is 0 Å². The van der Waals surface area contributed by atoms with Crippen molar-refractivity contribution in [3.63, 3.8) is 0 Å². The highest BCUT2D eigenvalue weighted by Gasteiger charge is 2.40. The number of nitrogens with zero attached hydrogens (tertiary/aromatic N) is 2. The van der Waals surface area contributed by atoms with E-state index in [0.29, 0.717) is 0 Å². The number of likely N-dealkylation sites (tertiary alicyclic amines) is 1. The smallest absolute Gasteiger partial charge is 0.326 e. The summed E-state index contributed by atoms with van der Waals surface area (Å²) in [6, 6.07) is -1.59. The van der Waals surface area contributed by atoms with Crippen LogP contribution in [0.25, 0.3) is 0 Å². The van der Waals surface area contributed by atoms with Crippen LogP contribution < -0.4 is 0 Å². The van der Waals surface area contributed by atoms with Crippen LogP contribution in [0.3, 0.4) is 0 Å². The van der Waals surface area contributed by atoms with Gasteiger partial charge in [-0.2, -0.15) is 0 Å². The van der Waals surface area contributed by atoms with Crippen LogP contribution in [0.15, 0.2) is 0 Å². The highest BCUT2D eigenvalue weighted by Crippen LogP contribution is 2.20. The van der Waals surface area contributed by atoms with Crippen molar-refractivity contribution in [2.24, 2.45) is 0 Å². The quantitative estimate of drug-likeness (QED) is 0.622. The van der Waals surface area contributed by atoms with Crippen LogP contribution in [0.1, 0.15) is 20.3 Å². The second-order valence-corrected chi connectivity index (χ2v) is 4.69. The number of rotatable bonds is 4. The van der Waals surface area contributed by atoms with Gasteiger partial charge in [-0.15, -0.1) is 0 Å². The maximum Gasteiger partial charge on any atom is 0.326 e. The lowest BCUT2D eigenvalue weighted by Crippen LogP contribution is -2.51. The number of aliphatic hydroxyl groups is 2. The fourth-order valence-corrected chi connectivity index (χ4v) is 2.11. The van der Waals surface area contributed by atoms with Gasteiger partial charge in [0.1, 0.15) is 6.04 Å². The summed E-state index contributed by atoms with van der Waals surface area (Å²) in [5.74, 6) is -1.12. The van der Waals surface area contributed by atoms with Crippen molar-refractivity contribution in [1.82, 2.24) is 9.80 Å². The molecule has 0 aromatic carbocycles. The van der Waals surface area contributed by atoms with Crippen LogP contribution in [0, 0.1) is 0 Å². The lowest BCUT2D eigenvalue weighted by Gasteiger charge is -2.32. The van der Waals surface area contributed by atoms with Crippen molar-refractivity contribution in [2.75, 3.05) is 19.7 Å². The number of urea groups is 1. The van der Waals surface area contributed by atoms with Crippen molar-refractivity contribution in [2.45, 2.75) is 38.5 Å². The Kier molecular flexibility index (Phi) is 4.92. The molecule has 0 aliphatic carbocycles. The molecule has 0 radical (unpaired) electrons. The van der Waals surface area contributed by atoms with Gasteiger partial charge in [-0.25, -0.2) is 9.59 Å². The molecule has 0 saturated carbocycles. The van der Waals surface area contributed by atoms with Gasteiger partial charge in [0.25, 0.3) is 0 Å². The highest BCUT2D eigenvalue weighted by molar-refractivity contribution is 5.83. The van der Waals surface area contributed by atoms with Gasteiger partial charge in [-0.05, 0) is 13.8 Å². The number of carboxylic acids is 1. The number of aliphatic carboxylic acids is 1. The van der Waals surface area contributed by atoms with Crippen LogP contribution in [0.2, 0.25) is 0 Å². The number of β-amino-alcohol motifs (C(OH)–C–C–N with tert-alkyl or cyclic N) is 1. The Bertz CT molecular complexity index is 321. The van der Waals surface area contributed by atoms with E-state index >= 15 is 0 Å². The molecule has 1 heterocycles. The van der Waals surface area contributed by atoms with Crippen LogP contribution in [0.4, 0.5) is 4.79 Å². The maximum absolute atomic E-state index is 12.2. The van der Waals surface area contributed by atoms with E-state index in [9.17, 15) is 14.7 Å². The number of carbonyl (C=O) groups is 2. The van der Waals surface area contributed by atoms with E-state index < -0.39 is 24.1 Å². The number of amides is 2. The molecule has 18 heavy (non-hydrogen) atoms. The molecule has 7 heteroatoms. The maximum atomic E-state index is 12.2. The van der Waals surface area contributed by atoms with Gasteiger partial charge < -0.3 is 25.1 Å². The third-order valence-corrected chi connectivity index (χ3v) is 3.02. The summed E-state index contributed by atoms with van der Waals surface area (Å²) >= 11 is 0. The Morgan fingerprint density at radius 3 is 2.50 bits per heavy atom. The van der Waals surface area contributed by atoms with E-state index in [1.807, 2.05) is 0 Å². The molecule has 1 fully saturated rings. The summed E-state index contributed by atoms with van der Waals surface area (Å²) in [5, 5.41) is 27.4. The molecule has 0 aromatic heterocycles. The number of aliphatic hydroxyl groups excluding tert-OH is 2. The summed E-state index contributed by atoms with van der Waals surface area (Å²) in [6.45, 7) is 3.56. The Morgan fingerprint density at radius 1 is 1.44 bits per heavy atom. The van der Waals surface area contributed by atoms with Gasteiger partial charge in [0.05, 0.1) is 12.7 Å². The summed E-state index contributed by atoms with van der Waals surface area (Å²) < 4.78 is 0. The van der Waals surface area contributed by atoms with Crippen molar-refractivity contribution in [1.29, 1.82) is 0 Å². The summed E-state index contributed by atoms with van der Waals surface area (Å²) in [5.41, 5.74) is 0. The zero-order chi connectivity index (χ0) is 13.9. The molecule has 7 nitrogen and oxygen atoms in total. The van der Waals surface area contributed by atoms with Gasteiger partial charge in [0.15, 0.2) is 0 Å². The Labute approximate surface area is 106 Å². The first-order valence-corrected chi connectivity index (χ1v) is 5.97. The van der Waals surface area contributed by atoms with Gasteiger partial charge in [-0.1, -0.05) is 0 Å². The summed E-state index contributed by atoms with van der Waals surface area (Å²) in [6.07, 6.45) is -0.759. The monoisotopic (exact) mass is 260 g/mol. The molecule has 2 amide bonds. The fraction of sp³-hybridized carbons (Fsp3) is 0.818. The molecule has 0 unspecified atom stereocenters. The minimum absolute atomic E-state index is 0.0183. The van der Waals surface area contributed by atoms with Crippen molar-refractivity contribution >= 4 is 12.0 Å². The number of carbonyl (C=O) groups excluding carboxylic acids is 1. The topological polar surface area (TPSA) is 101 Å². The van der Waals surface area contributed by atoms with Crippen molar-refractivity contribution in [3.05, 3.63) is 0 Å². The minimum Gasteiger partial charge on any atom is -0.480 e. The number of hydrogen-bond donors (Lipinski definition) is 3. The predicted molar refractivity (Wildman–Crippen MR) is 63.1 cm³/mol. The lowest BCUT2D eigenvalue weighted by atomic mass is 10.2. The molecule has 104 valence electrons.